The van der Waals surface area contributed by atoms with E-state index < -0.39 is 8.32 Å². The molecule has 0 saturated carbocycles. The van der Waals surface area contributed by atoms with Gasteiger partial charge in [-0.3, -0.25) is 0 Å². The molecule has 164 valence electrons. The zero-order valence-corrected chi connectivity index (χ0v) is 20.3. The predicted molar refractivity (Wildman–Crippen MR) is 132 cm³/mol. The molecule has 2 aromatic heterocycles. The summed E-state index contributed by atoms with van der Waals surface area (Å²) in [7, 11) is -1.93. The third kappa shape index (κ3) is 4.64. The molecular formula is C26H34N2O2Si. The second-order valence-corrected chi connectivity index (χ2v) is 14.6. The van der Waals surface area contributed by atoms with Crippen LogP contribution < -0.4 is 5.32 Å². The third-order valence-electron chi connectivity index (χ3n) is 6.58. The first kappa shape index (κ1) is 21.9. The molecule has 4 aromatic rings. The molecule has 4 nitrogen and oxygen atoms in total. The van der Waals surface area contributed by atoms with E-state index in [-0.39, 0.29) is 11.1 Å². The van der Waals surface area contributed by atoms with E-state index in [4.69, 9.17) is 8.84 Å². The molecular weight excluding hydrogens is 400 g/mol. The molecule has 0 amide bonds. The zero-order valence-electron chi connectivity index (χ0n) is 19.3. The number of para-hydroxylation sites is 2. The summed E-state index contributed by atoms with van der Waals surface area (Å²) in [4.78, 5) is 0. The minimum atomic E-state index is -1.93. The summed E-state index contributed by atoms with van der Waals surface area (Å²) in [5.41, 5.74) is 2.53. The predicted octanol–water partition coefficient (Wildman–Crippen LogP) is 6.57. The highest BCUT2D eigenvalue weighted by atomic mass is 28.4. The summed E-state index contributed by atoms with van der Waals surface area (Å²) in [6, 6.07) is 21.3. The molecule has 1 atom stereocenters. The van der Waals surface area contributed by atoms with Crippen molar-refractivity contribution in [1.82, 2.24) is 9.88 Å². The highest BCUT2D eigenvalue weighted by Gasteiger charge is 2.39. The molecule has 2 heterocycles. The molecule has 0 saturated heterocycles. The van der Waals surface area contributed by atoms with E-state index in [0.717, 1.165) is 18.8 Å². The van der Waals surface area contributed by atoms with Crippen molar-refractivity contribution in [2.24, 2.45) is 0 Å². The standard InChI is InChI=1S/C26H34N2O2Si/c1-26(2,3)31(4,5)30-21(18-27-17-20-11-10-16-29-20)19-28-24-14-8-6-12-22(24)23-13-7-9-15-25(23)28/h6-16,21,27H,17-19H2,1-5H3. The van der Waals surface area contributed by atoms with Crippen LogP contribution in [-0.4, -0.2) is 25.5 Å². The van der Waals surface area contributed by atoms with Crippen molar-refractivity contribution < 1.29 is 8.84 Å². The second kappa shape index (κ2) is 8.65. The first-order valence-corrected chi connectivity index (χ1v) is 14.0. The van der Waals surface area contributed by atoms with Crippen LogP contribution in [-0.2, 0) is 17.5 Å². The summed E-state index contributed by atoms with van der Waals surface area (Å²) in [5.74, 6) is 0.947. The monoisotopic (exact) mass is 434 g/mol. The number of hydrogen-bond acceptors (Lipinski definition) is 3. The van der Waals surface area contributed by atoms with Crippen LogP contribution in [0.3, 0.4) is 0 Å². The summed E-state index contributed by atoms with van der Waals surface area (Å²) in [6.07, 6.45) is 1.79. The molecule has 0 spiro atoms. The molecule has 0 aliphatic carbocycles. The molecule has 31 heavy (non-hydrogen) atoms. The Labute approximate surface area is 186 Å². The maximum absolute atomic E-state index is 6.92. The van der Waals surface area contributed by atoms with Crippen LogP contribution in [0, 0.1) is 0 Å². The summed E-state index contributed by atoms with van der Waals surface area (Å²) in [6.45, 7) is 13.8. The van der Waals surface area contributed by atoms with Crippen LogP contribution in [0.15, 0.2) is 71.3 Å². The SMILES string of the molecule is CC(C)(C)[Si](C)(C)OC(CNCc1ccco1)Cn1c2ccccc2c2ccccc21. The lowest BCUT2D eigenvalue weighted by molar-refractivity contribution is 0.159. The molecule has 5 heteroatoms. The Morgan fingerprint density at radius 2 is 1.55 bits per heavy atom. The van der Waals surface area contributed by atoms with E-state index in [1.54, 1.807) is 6.26 Å². The molecule has 0 bridgehead atoms. The van der Waals surface area contributed by atoms with Crippen LogP contribution in [0.1, 0.15) is 26.5 Å². The quantitative estimate of drug-likeness (QED) is 0.319. The van der Waals surface area contributed by atoms with Gasteiger partial charge in [-0.05, 0) is 42.4 Å². The number of nitrogens with one attached hydrogen (secondary N) is 1. The lowest BCUT2D eigenvalue weighted by Crippen LogP contribution is -2.47. The first-order valence-electron chi connectivity index (χ1n) is 11.1. The van der Waals surface area contributed by atoms with Crippen LogP contribution in [0.2, 0.25) is 18.1 Å². The van der Waals surface area contributed by atoms with Crippen molar-refractivity contribution in [3.8, 4) is 0 Å². The smallest absolute Gasteiger partial charge is 0.192 e. The molecule has 0 fully saturated rings. The van der Waals surface area contributed by atoms with Crippen LogP contribution in [0.25, 0.3) is 21.8 Å². The van der Waals surface area contributed by atoms with E-state index in [9.17, 15) is 0 Å². The number of benzene rings is 2. The molecule has 4 rings (SSSR count). The third-order valence-corrected chi connectivity index (χ3v) is 11.1. The molecule has 1 N–H and O–H groups in total. The van der Waals surface area contributed by atoms with Gasteiger partial charge in [0.1, 0.15) is 5.76 Å². The Kier molecular flexibility index (Phi) is 6.11. The summed E-state index contributed by atoms with van der Waals surface area (Å²) < 4.78 is 14.8. The van der Waals surface area contributed by atoms with Crippen molar-refractivity contribution >= 4 is 30.1 Å². The van der Waals surface area contributed by atoms with Gasteiger partial charge in [-0.25, -0.2) is 0 Å². The van der Waals surface area contributed by atoms with Gasteiger partial charge in [0, 0.05) is 34.9 Å². The van der Waals surface area contributed by atoms with Gasteiger partial charge in [0.25, 0.3) is 0 Å². The van der Waals surface area contributed by atoms with E-state index in [0.29, 0.717) is 6.54 Å². The number of nitrogens with zero attached hydrogens (tertiary/aromatic N) is 1. The highest BCUT2D eigenvalue weighted by molar-refractivity contribution is 6.74. The van der Waals surface area contributed by atoms with Gasteiger partial charge in [-0.1, -0.05) is 57.2 Å². The van der Waals surface area contributed by atoms with Gasteiger partial charge in [-0.15, -0.1) is 0 Å². The Morgan fingerprint density at radius 1 is 0.935 bits per heavy atom. The molecule has 0 aliphatic rings. The fourth-order valence-electron chi connectivity index (χ4n) is 3.91. The fraction of sp³-hybridized carbons (Fsp3) is 0.385. The highest BCUT2D eigenvalue weighted by Crippen LogP contribution is 2.38. The van der Waals surface area contributed by atoms with Gasteiger partial charge >= 0.3 is 0 Å². The van der Waals surface area contributed by atoms with E-state index >= 15 is 0 Å². The second-order valence-electron chi connectivity index (χ2n) is 9.86. The first-order chi connectivity index (χ1) is 14.8. The van der Waals surface area contributed by atoms with Gasteiger partial charge in [0.2, 0.25) is 0 Å². The van der Waals surface area contributed by atoms with Crippen molar-refractivity contribution in [3.05, 3.63) is 72.7 Å². The summed E-state index contributed by atoms with van der Waals surface area (Å²) in [5, 5.41) is 6.32. The van der Waals surface area contributed by atoms with Crippen molar-refractivity contribution in [3.63, 3.8) is 0 Å². The van der Waals surface area contributed by atoms with Crippen molar-refractivity contribution in [2.45, 2.75) is 58.1 Å². The molecule has 1 unspecified atom stereocenters. The van der Waals surface area contributed by atoms with Crippen molar-refractivity contribution in [2.75, 3.05) is 6.54 Å². The Balaban J connectivity index is 1.64. The summed E-state index contributed by atoms with van der Waals surface area (Å²) >= 11 is 0. The Hall–Kier alpha value is -2.34. The lowest BCUT2D eigenvalue weighted by Gasteiger charge is -2.39. The van der Waals surface area contributed by atoms with Gasteiger partial charge in [-0.2, -0.15) is 0 Å². The minimum Gasteiger partial charge on any atom is -0.468 e. The largest absolute Gasteiger partial charge is 0.468 e. The van der Waals surface area contributed by atoms with Crippen molar-refractivity contribution in [1.29, 1.82) is 0 Å². The average Bonchev–Trinajstić information content (AvgIpc) is 3.34. The van der Waals surface area contributed by atoms with Gasteiger partial charge < -0.3 is 18.7 Å². The van der Waals surface area contributed by atoms with Crippen LogP contribution in [0.5, 0.6) is 0 Å². The molecule has 0 aliphatic heterocycles. The Bertz CT molecular complexity index is 1090. The number of rotatable bonds is 8. The number of furan rings is 1. The topological polar surface area (TPSA) is 39.3 Å². The normalized spacial score (nSPS) is 13.8. The lowest BCUT2D eigenvalue weighted by atomic mass is 10.2. The van der Waals surface area contributed by atoms with E-state index in [2.05, 4.69) is 92.3 Å². The zero-order chi connectivity index (χ0) is 22.1. The minimum absolute atomic E-state index is 0.0649. The van der Waals surface area contributed by atoms with E-state index in [1.165, 1.54) is 21.8 Å². The number of hydrogen-bond donors (Lipinski definition) is 1. The maximum atomic E-state index is 6.92. The fourth-order valence-corrected chi connectivity index (χ4v) is 5.25. The van der Waals surface area contributed by atoms with Crippen LogP contribution >= 0.6 is 0 Å². The number of fused-ring (bicyclic) bond motifs is 3. The average molecular weight is 435 g/mol. The van der Waals surface area contributed by atoms with Gasteiger partial charge in [0.05, 0.1) is 18.9 Å². The molecule has 0 radical (unpaired) electrons. The maximum Gasteiger partial charge on any atom is 0.192 e. The number of aromatic nitrogens is 1. The Morgan fingerprint density at radius 3 is 2.10 bits per heavy atom. The van der Waals surface area contributed by atoms with E-state index in [1.807, 2.05) is 12.1 Å². The molecule has 2 aromatic carbocycles. The van der Waals surface area contributed by atoms with Crippen LogP contribution in [0.4, 0.5) is 0 Å². The van der Waals surface area contributed by atoms with Gasteiger partial charge in [0.15, 0.2) is 8.32 Å².